The maximum atomic E-state index is 12.9. The number of aromatic nitrogens is 4. The van der Waals surface area contributed by atoms with Crippen LogP contribution >= 0.6 is 22.9 Å². The van der Waals surface area contributed by atoms with Gasteiger partial charge in [-0.3, -0.25) is 4.57 Å². The fourth-order valence-electron chi connectivity index (χ4n) is 3.05. The predicted molar refractivity (Wildman–Crippen MR) is 121 cm³/mol. The average Bonchev–Trinajstić information content (AvgIpc) is 3.49. The number of nitrogens with zero attached hydrogens (tertiary/aromatic N) is 4. The number of hydrogen-bond acceptors (Lipinski definition) is 8. The van der Waals surface area contributed by atoms with Crippen LogP contribution in [-0.2, 0) is 16.6 Å². The number of thiophene rings is 1. The monoisotopic (exact) mass is 475 g/mol. The van der Waals surface area contributed by atoms with Crippen molar-refractivity contribution in [3.63, 3.8) is 0 Å². The summed E-state index contributed by atoms with van der Waals surface area (Å²) in [4.78, 5) is 5.12. The highest BCUT2D eigenvalue weighted by Gasteiger charge is 2.24. The lowest BCUT2D eigenvalue weighted by atomic mass is 10.2. The number of benzene rings is 1. The summed E-state index contributed by atoms with van der Waals surface area (Å²) in [5, 5.41) is 5.78. The first kappa shape index (κ1) is 21.6. The Bertz CT molecular complexity index is 1260. The molecular weight excluding hydrogens is 454 g/mol. The molecule has 0 saturated carbocycles. The molecule has 4 aromatic rings. The molecule has 1 unspecified atom stereocenters. The van der Waals surface area contributed by atoms with Crippen LogP contribution in [0.2, 0.25) is 0 Å². The zero-order valence-electron chi connectivity index (χ0n) is 17.1. The summed E-state index contributed by atoms with van der Waals surface area (Å²) in [5.74, 6) is 0.674. The third-order valence-electron chi connectivity index (χ3n) is 4.63. The van der Waals surface area contributed by atoms with E-state index < -0.39 is 16.1 Å². The molecule has 0 saturated heterocycles. The topological polar surface area (TPSA) is 99.0 Å². The van der Waals surface area contributed by atoms with Gasteiger partial charge < -0.3 is 4.74 Å². The van der Waals surface area contributed by atoms with Gasteiger partial charge in [0, 0.05) is 11.9 Å². The minimum absolute atomic E-state index is 0.223. The third-order valence-corrected chi connectivity index (χ3v) is 8.28. The van der Waals surface area contributed by atoms with Crippen molar-refractivity contribution in [1.82, 2.24) is 23.9 Å². The summed E-state index contributed by atoms with van der Waals surface area (Å²) in [6.45, 7) is 6.34. The summed E-state index contributed by atoms with van der Waals surface area (Å²) < 4.78 is 40.4. The molecule has 8 nitrogen and oxygen atoms in total. The third kappa shape index (κ3) is 4.69. The first-order chi connectivity index (χ1) is 14.9. The number of nitrogens with one attached hydrogen (secondary N) is 1. The molecule has 3 aromatic heterocycles. The van der Waals surface area contributed by atoms with E-state index in [-0.39, 0.29) is 4.21 Å². The molecule has 0 spiro atoms. The van der Waals surface area contributed by atoms with Crippen LogP contribution in [0.1, 0.15) is 31.1 Å². The Labute approximate surface area is 188 Å². The number of ether oxygens (including phenoxy) is 1. The largest absolute Gasteiger partial charge is 0.426 e. The lowest BCUT2D eigenvalue weighted by molar-refractivity contribution is 0.408. The Morgan fingerprint density at radius 3 is 2.65 bits per heavy atom. The van der Waals surface area contributed by atoms with Gasteiger partial charge in [-0.25, -0.2) is 18.1 Å². The lowest BCUT2D eigenvalue weighted by Crippen LogP contribution is -2.27. The van der Waals surface area contributed by atoms with Crippen molar-refractivity contribution in [3.05, 3.63) is 59.2 Å². The van der Waals surface area contributed by atoms with Gasteiger partial charge in [0.25, 0.3) is 10.0 Å². The maximum absolute atomic E-state index is 12.9. The van der Waals surface area contributed by atoms with Gasteiger partial charge in [-0.1, -0.05) is 22.2 Å². The minimum atomic E-state index is -3.72. The number of aryl methyl sites for hydroxylation is 1. The van der Waals surface area contributed by atoms with E-state index >= 15 is 0 Å². The van der Waals surface area contributed by atoms with Crippen LogP contribution < -0.4 is 9.46 Å². The molecule has 0 aliphatic heterocycles. The van der Waals surface area contributed by atoms with Crippen LogP contribution in [-0.4, -0.2) is 27.6 Å². The Morgan fingerprint density at radius 2 is 1.97 bits per heavy atom. The molecule has 3 heterocycles. The van der Waals surface area contributed by atoms with Gasteiger partial charge in [-0.05, 0) is 56.6 Å². The number of hydrogen-bond donors (Lipinski definition) is 1. The van der Waals surface area contributed by atoms with Crippen molar-refractivity contribution in [2.75, 3.05) is 0 Å². The molecule has 0 bridgehead atoms. The summed E-state index contributed by atoms with van der Waals surface area (Å²) in [7, 11) is -3.72. The second-order valence-electron chi connectivity index (χ2n) is 6.88. The number of sulfonamides is 1. The van der Waals surface area contributed by atoms with E-state index in [1.165, 1.54) is 11.5 Å². The maximum Gasteiger partial charge on any atom is 0.302 e. The van der Waals surface area contributed by atoms with Crippen molar-refractivity contribution in [2.24, 2.45) is 0 Å². The molecular formula is C20H21N5O3S3. The summed E-state index contributed by atoms with van der Waals surface area (Å²) in [6.07, 6.45) is 1.64. The normalized spacial score (nSPS) is 12.7. The minimum Gasteiger partial charge on any atom is -0.426 e. The zero-order chi connectivity index (χ0) is 22.0. The Balaban J connectivity index is 1.53. The molecule has 0 aliphatic carbocycles. The van der Waals surface area contributed by atoms with Gasteiger partial charge in [0.05, 0.1) is 22.8 Å². The van der Waals surface area contributed by atoms with E-state index in [4.69, 9.17) is 4.74 Å². The molecule has 0 aliphatic rings. The SMILES string of the molecule is CCn1c(C(C)NS(=O)(=O)c2ccc(-c3csnn3)s2)cnc1Oc1ccc(C)cc1. The van der Waals surface area contributed by atoms with Crippen molar-refractivity contribution in [1.29, 1.82) is 0 Å². The van der Waals surface area contributed by atoms with Crippen LogP contribution in [0.15, 0.2) is 52.2 Å². The Kier molecular flexibility index (Phi) is 6.19. The molecule has 1 N–H and O–H groups in total. The molecule has 11 heteroatoms. The van der Waals surface area contributed by atoms with Gasteiger partial charge in [0.1, 0.15) is 15.7 Å². The molecule has 4 rings (SSSR count). The van der Waals surface area contributed by atoms with E-state index in [0.717, 1.165) is 21.8 Å². The first-order valence-electron chi connectivity index (χ1n) is 9.57. The molecule has 162 valence electrons. The second kappa shape index (κ2) is 8.87. The first-order valence-corrected chi connectivity index (χ1v) is 12.7. The molecule has 0 fully saturated rings. The molecule has 0 radical (unpaired) electrons. The smallest absolute Gasteiger partial charge is 0.302 e. The highest BCUT2D eigenvalue weighted by atomic mass is 32.2. The van der Waals surface area contributed by atoms with Crippen molar-refractivity contribution >= 4 is 32.9 Å². The van der Waals surface area contributed by atoms with Gasteiger partial charge in [0.15, 0.2) is 0 Å². The molecule has 1 atom stereocenters. The average molecular weight is 476 g/mol. The molecule has 1 aromatic carbocycles. The lowest BCUT2D eigenvalue weighted by Gasteiger charge is -2.16. The van der Waals surface area contributed by atoms with Crippen LogP contribution in [0.3, 0.4) is 0 Å². The van der Waals surface area contributed by atoms with E-state index in [0.29, 0.717) is 29.7 Å². The summed E-state index contributed by atoms with van der Waals surface area (Å²) in [6, 6.07) is 10.9. The highest BCUT2D eigenvalue weighted by molar-refractivity contribution is 7.91. The fourth-order valence-corrected chi connectivity index (χ4v) is 6.08. The Morgan fingerprint density at radius 1 is 1.19 bits per heavy atom. The summed E-state index contributed by atoms with van der Waals surface area (Å²) in [5.41, 5.74) is 2.53. The van der Waals surface area contributed by atoms with Crippen LogP contribution in [0.5, 0.6) is 11.8 Å². The van der Waals surface area contributed by atoms with Crippen LogP contribution in [0.25, 0.3) is 10.6 Å². The van der Waals surface area contributed by atoms with Crippen molar-refractivity contribution in [3.8, 4) is 22.3 Å². The molecule has 31 heavy (non-hydrogen) atoms. The van der Waals surface area contributed by atoms with Gasteiger partial charge in [-0.2, -0.15) is 0 Å². The predicted octanol–water partition coefficient (Wildman–Crippen LogP) is 4.62. The van der Waals surface area contributed by atoms with E-state index in [1.54, 1.807) is 30.6 Å². The van der Waals surface area contributed by atoms with Crippen LogP contribution in [0.4, 0.5) is 0 Å². The van der Waals surface area contributed by atoms with Crippen molar-refractivity contribution in [2.45, 2.75) is 37.6 Å². The standard InChI is InChI=1S/C20H21N5O3S3/c1-4-25-17(11-21-20(25)28-15-7-5-13(2)6-8-15)14(3)23-31(26,27)19-10-9-18(30-19)16-12-29-24-22-16/h5-12,14,23H,4H2,1-3H3. The van der Waals surface area contributed by atoms with Crippen LogP contribution in [0, 0.1) is 6.92 Å². The van der Waals surface area contributed by atoms with Gasteiger partial charge >= 0.3 is 6.01 Å². The zero-order valence-corrected chi connectivity index (χ0v) is 19.6. The van der Waals surface area contributed by atoms with Gasteiger partial charge in [-0.15, -0.1) is 16.4 Å². The van der Waals surface area contributed by atoms with Gasteiger partial charge in [0.2, 0.25) is 0 Å². The van der Waals surface area contributed by atoms with E-state index in [2.05, 4.69) is 19.3 Å². The highest BCUT2D eigenvalue weighted by Crippen LogP contribution is 2.31. The van der Waals surface area contributed by atoms with Crippen molar-refractivity contribution < 1.29 is 13.2 Å². The van der Waals surface area contributed by atoms with E-state index in [1.807, 2.05) is 42.7 Å². The fraction of sp³-hybridized carbons (Fsp3) is 0.250. The number of imidazole rings is 1. The molecule has 0 amide bonds. The second-order valence-corrected chi connectivity index (χ2v) is 10.5. The summed E-state index contributed by atoms with van der Waals surface area (Å²) >= 11 is 2.38. The number of rotatable bonds is 8. The quantitative estimate of drug-likeness (QED) is 0.399. The van der Waals surface area contributed by atoms with E-state index in [9.17, 15) is 8.42 Å². The Hall–Kier alpha value is -2.60.